The van der Waals surface area contributed by atoms with Crippen LogP contribution >= 0.6 is 0 Å². The Bertz CT molecular complexity index is 561. The predicted octanol–water partition coefficient (Wildman–Crippen LogP) is 1.81. The van der Waals surface area contributed by atoms with Crippen molar-refractivity contribution in [1.82, 2.24) is 0 Å². The maximum absolute atomic E-state index is 12.1. The summed E-state index contributed by atoms with van der Waals surface area (Å²) in [6.07, 6.45) is -0.0668. The van der Waals surface area contributed by atoms with Gasteiger partial charge in [0.2, 0.25) is 6.10 Å². The molecule has 2 fully saturated rings. The Kier molecular flexibility index (Phi) is 2.96. The Hall–Kier alpha value is -1.97. The first-order chi connectivity index (χ1) is 9.52. The molecular formula is C16H16O4. The summed E-state index contributed by atoms with van der Waals surface area (Å²) >= 11 is 0. The number of hydrogen-bond donors (Lipinski definition) is 0. The molecule has 20 heavy (non-hydrogen) atoms. The Morgan fingerprint density at radius 1 is 1.15 bits per heavy atom. The second-order valence-electron chi connectivity index (χ2n) is 5.79. The quantitative estimate of drug-likeness (QED) is 0.622. The fourth-order valence-corrected chi connectivity index (χ4v) is 2.86. The lowest BCUT2D eigenvalue weighted by molar-refractivity contribution is -0.159. The van der Waals surface area contributed by atoms with Gasteiger partial charge in [-0.2, -0.15) is 0 Å². The molecule has 0 heterocycles. The third-order valence-corrected chi connectivity index (χ3v) is 4.39. The van der Waals surface area contributed by atoms with E-state index in [0.29, 0.717) is 6.42 Å². The molecule has 0 bridgehead atoms. The minimum absolute atomic E-state index is 0.192. The maximum atomic E-state index is 12.1. The van der Waals surface area contributed by atoms with Gasteiger partial charge in [0.05, 0.1) is 5.92 Å². The highest BCUT2D eigenvalue weighted by Crippen LogP contribution is 2.54. The minimum atomic E-state index is -1.15. The van der Waals surface area contributed by atoms with E-state index in [0.717, 1.165) is 5.56 Å². The van der Waals surface area contributed by atoms with E-state index in [1.807, 2.05) is 37.3 Å². The zero-order valence-corrected chi connectivity index (χ0v) is 11.3. The minimum Gasteiger partial charge on any atom is -0.446 e. The number of carbonyl (C=O) groups excluding carboxylic acids is 3. The first kappa shape index (κ1) is 13.0. The van der Waals surface area contributed by atoms with Crippen LogP contribution in [0.2, 0.25) is 0 Å². The largest absolute Gasteiger partial charge is 0.446 e. The molecule has 0 unspecified atom stereocenters. The molecule has 0 spiro atoms. The van der Waals surface area contributed by atoms with Crippen LogP contribution in [-0.2, 0) is 24.5 Å². The summed E-state index contributed by atoms with van der Waals surface area (Å²) in [6.45, 7) is 2.01. The smallest absolute Gasteiger partial charge is 0.311 e. The Morgan fingerprint density at radius 3 is 2.35 bits per heavy atom. The average Bonchev–Trinajstić information content (AvgIpc) is 3.07. The van der Waals surface area contributed by atoms with Crippen molar-refractivity contribution in [3.63, 3.8) is 0 Å². The number of Topliss-reactive ketones (excluding diaryl/α,β-unsaturated/α-hetero) is 2. The summed E-state index contributed by atoms with van der Waals surface area (Å²) in [5.74, 6) is -1.23. The number of ketones is 2. The van der Waals surface area contributed by atoms with Gasteiger partial charge in [0.1, 0.15) is 0 Å². The van der Waals surface area contributed by atoms with Crippen LogP contribution in [0.5, 0.6) is 0 Å². The summed E-state index contributed by atoms with van der Waals surface area (Å²) in [7, 11) is 0. The van der Waals surface area contributed by atoms with Crippen molar-refractivity contribution in [3.05, 3.63) is 35.9 Å². The van der Waals surface area contributed by atoms with E-state index in [1.54, 1.807) is 0 Å². The van der Waals surface area contributed by atoms with E-state index in [1.165, 1.54) is 0 Å². The molecule has 2 atom stereocenters. The van der Waals surface area contributed by atoms with E-state index in [4.69, 9.17) is 4.74 Å². The van der Waals surface area contributed by atoms with E-state index in [-0.39, 0.29) is 35.7 Å². The summed E-state index contributed by atoms with van der Waals surface area (Å²) < 4.78 is 5.14. The lowest BCUT2D eigenvalue weighted by Crippen LogP contribution is -2.30. The van der Waals surface area contributed by atoms with Crippen LogP contribution in [0.1, 0.15) is 31.7 Å². The normalized spacial score (nSPS) is 29.6. The molecule has 2 saturated carbocycles. The van der Waals surface area contributed by atoms with Crippen LogP contribution in [0.15, 0.2) is 30.3 Å². The summed E-state index contributed by atoms with van der Waals surface area (Å²) in [5, 5.41) is 0. The van der Waals surface area contributed by atoms with E-state index >= 15 is 0 Å². The summed E-state index contributed by atoms with van der Waals surface area (Å²) in [5.41, 5.74) is 0.856. The van der Waals surface area contributed by atoms with Gasteiger partial charge in [0, 0.05) is 18.3 Å². The van der Waals surface area contributed by atoms with Crippen LogP contribution in [0, 0.1) is 5.92 Å². The second kappa shape index (κ2) is 4.54. The van der Waals surface area contributed by atoms with Crippen LogP contribution in [-0.4, -0.2) is 23.6 Å². The van der Waals surface area contributed by atoms with Gasteiger partial charge in [-0.1, -0.05) is 37.3 Å². The second-order valence-corrected chi connectivity index (χ2v) is 5.79. The number of esters is 1. The van der Waals surface area contributed by atoms with Crippen molar-refractivity contribution >= 4 is 17.5 Å². The van der Waals surface area contributed by atoms with Crippen molar-refractivity contribution in [2.45, 2.75) is 37.7 Å². The first-order valence-corrected chi connectivity index (χ1v) is 6.84. The van der Waals surface area contributed by atoms with Crippen LogP contribution in [0.4, 0.5) is 0 Å². The average molecular weight is 272 g/mol. The SMILES string of the molecule is C[C@]1(c2ccccc2)C[C@H]1C(=O)OC1C(=O)CCC1=O. The zero-order valence-electron chi connectivity index (χ0n) is 11.3. The molecule has 2 aliphatic carbocycles. The fourth-order valence-electron chi connectivity index (χ4n) is 2.86. The molecular weight excluding hydrogens is 256 g/mol. The molecule has 1 aromatic rings. The van der Waals surface area contributed by atoms with Gasteiger partial charge < -0.3 is 4.74 Å². The zero-order chi connectivity index (χ0) is 14.3. The molecule has 3 rings (SSSR count). The summed E-state index contributed by atoms with van der Waals surface area (Å²) in [4.78, 5) is 35.1. The molecule has 4 nitrogen and oxygen atoms in total. The van der Waals surface area contributed by atoms with Gasteiger partial charge in [-0.25, -0.2) is 0 Å². The van der Waals surface area contributed by atoms with Crippen LogP contribution in [0.3, 0.4) is 0 Å². The Morgan fingerprint density at radius 2 is 1.75 bits per heavy atom. The van der Waals surface area contributed by atoms with Gasteiger partial charge >= 0.3 is 5.97 Å². The van der Waals surface area contributed by atoms with Gasteiger partial charge in [-0.3, -0.25) is 14.4 Å². The third-order valence-electron chi connectivity index (χ3n) is 4.39. The van der Waals surface area contributed by atoms with Crippen molar-refractivity contribution in [1.29, 1.82) is 0 Å². The highest BCUT2D eigenvalue weighted by Gasteiger charge is 2.57. The van der Waals surface area contributed by atoms with Gasteiger partial charge in [-0.15, -0.1) is 0 Å². The lowest BCUT2D eigenvalue weighted by atomic mass is 9.95. The number of carbonyl (C=O) groups is 3. The molecule has 0 N–H and O–H groups in total. The van der Waals surface area contributed by atoms with Crippen molar-refractivity contribution in [2.75, 3.05) is 0 Å². The molecule has 0 aromatic heterocycles. The van der Waals surface area contributed by atoms with Gasteiger partial charge in [-0.05, 0) is 12.0 Å². The predicted molar refractivity (Wildman–Crippen MR) is 71.0 cm³/mol. The lowest BCUT2D eigenvalue weighted by Gasteiger charge is -2.13. The molecule has 4 heteroatoms. The standard InChI is InChI=1S/C16H16O4/c1-16(10-5-3-2-4-6-10)9-11(16)15(19)20-14-12(17)7-8-13(14)18/h2-6,11,14H,7-9H2,1H3/t11-,16+/m0/s1. The Balaban J connectivity index is 1.69. The van der Waals surface area contributed by atoms with Crippen molar-refractivity contribution < 1.29 is 19.1 Å². The van der Waals surface area contributed by atoms with Crippen molar-refractivity contribution in [3.8, 4) is 0 Å². The molecule has 1 aromatic carbocycles. The van der Waals surface area contributed by atoms with E-state index in [2.05, 4.69) is 0 Å². The maximum Gasteiger partial charge on any atom is 0.311 e. The number of ether oxygens (including phenoxy) is 1. The van der Waals surface area contributed by atoms with Gasteiger partial charge in [0.25, 0.3) is 0 Å². The molecule has 0 saturated heterocycles. The molecule has 0 radical (unpaired) electrons. The first-order valence-electron chi connectivity index (χ1n) is 6.84. The molecule has 104 valence electrons. The fraction of sp³-hybridized carbons (Fsp3) is 0.438. The third kappa shape index (κ3) is 2.05. The molecule has 2 aliphatic rings. The van der Waals surface area contributed by atoms with E-state index in [9.17, 15) is 14.4 Å². The van der Waals surface area contributed by atoms with Crippen LogP contribution in [0.25, 0.3) is 0 Å². The number of benzene rings is 1. The molecule has 0 amide bonds. The van der Waals surface area contributed by atoms with Crippen molar-refractivity contribution in [2.24, 2.45) is 5.92 Å². The monoisotopic (exact) mass is 272 g/mol. The highest BCUT2D eigenvalue weighted by molar-refractivity contribution is 6.12. The summed E-state index contributed by atoms with van der Waals surface area (Å²) in [6, 6.07) is 9.77. The number of hydrogen-bond acceptors (Lipinski definition) is 4. The molecule has 0 aliphatic heterocycles. The number of rotatable bonds is 3. The highest BCUT2D eigenvalue weighted by atomic mass is 16.6. The van der Waals surface area contributed by atoms with Crippen LogP contribution < -0.4 is 0 Å². The topological polar surface area (TPSA) is 60.4 Å². The van der Waals surface area contributed by atoms with Gasteiger partial charge in [0.15, 0.2) is 11.6 Å². The Labute approximate surface area is 117 Å². The van der Waals surface area contributed by atoms with E-state index < -0.39 is 12.1 Å².